The van der Waals surface area contributed by atoms with Gasteiger partial charge in [0.05, 0.1) is 15.6 Å². The van der Waals surface area contributed by atoms with Crippen LogP contribution in [0, 0.1) is 5.82 Å². The largest absolute Gasteiger partial charge is 0.377 e. The average molecular weight is 328 g/mol. The van der Waals surface area contributed by atoms with Crippen molar-refractivity contribution < 1.29 is 12.8 Å². The maximum Gasteiger partial charge on any atom is 0.175 e. The van der Waals surface area contributed by atoms with E-state index in [0.717, 1.165) is 11.8 Å². The maximum absolute atomic E-state index is 13.2. The average Bonchev–Trinajstić information content (AvgIpc) is 2.42. The fourth-order valence-electron chi connectivity index (χ4n) is 1.93. The van der Waals surface area contributed by atoms with Crippen LogP contribution in [0.25, 0.3) is 0 Å². The van der Waals surface area contributed by atoms with Gasteiger partial charge >= 0.3 is 0 Å². The van der Waals surface area contributed by atoms with Crippen molar-refractivity contribution in [2.45, 2.75) is 17.9 Å². The first-order valence-corrected chi connectivity index (χ1v) is 8.56. The number of anilines is 1. The Bertz CT molecular complexity index is 745. The summed E-state index contributed by atoms with van der Waals surface area (Å²) < 4.78 is 36.0. The summed E-state index contributed by atoms with van der Waals surface area (Å²) in [5.74, 6) is -0.374. The summed E-state index contributed by atoms with van der Waals surface area (Å²) in [6.45, 7) is 1.89. The topological polar surface area (TPSA) is 46.2 Å². The highest BCUT2D eigenvalue weighted by atomic mass is 35.5. The van der Waals surface area contributed by atoms with Crippen molar-refractivity contribution in [3.05, 3.63) is 58.9 Å². The zero-order chi connectivity index (χ0) is 15.6. The van der Waals surface area contributed by atoms with Gasteiger partial charge in [-0.1, -0.05) is 23.7 Å². The number of rotatable bonds is 4. The normalized spacial score (nSPS) is 13.0. The predicted molar refractivity (Wildman–Crippen MR) is 83.0 cm³/mol. The molecule has 0 aliphatic heterocycles. The van der Waals surface area contributed by atoms with Gasteiger partial charge in [0.2, 0.25) is 0 Å². The van der Waals surface area contributed by atoms with E-state index in [1.807, 2.05) is 6.92 Å². The summed E-state index contributed by atoms with van der Waals surface area (Å²) in [5.41, 5.74) is 1.37. The Kier molecular flexibility index (Phi) is 4.54. The number of sulfone groups is 1. The van der Waals surface area contributed by atoms with Crippen LogP contribution in [0.2, 0.25) is 5.02 Å². The van der Waals surface area contributed by atoms with Crippen molar-refractivity contribution in [1.82, 2.24) is 0 Å². The number of benzene rings is 2. The van der Waals surface area contributed by atoms with Crippen molar-refractivity contribution in [2.24, 2.45) is 0 Å². The highest BCUT2D eigenvalue weighted by molar-refractivity contribution is 7.90. The lowest BCUT2D eigenvalue weighted by atomic mass is 10.1. The van der Waals surface area contributed by atoms with Crippen molar-refractivity contribution in [1.29, 1.82) is 0 Å². The summed E-state index contributed by atoms with van der Waals surface area (Å²) >= 11 is 6.00. The van der Waals surface area contributed by atoms with Crippen LogP contribution in [0.4, 0.5) is 10.1 Å². The Hall–Kier alpha value is -1.59. The molecule has 0 radical (unpaired) electrons. The lowest BCUT2D eigenvalue weighted by molar-refractivity contribution is 0.602. The third-order valence-electron chi connectivity index (χ3n) is 3.11. The molecular formula is C15H15ClFNO2S. The van der Waals surface area contributed by atoms with E-state index in [9.17, 15) is 12.8 Å². The fraction of sp³-hybridized carbons (Fsp3) is 0.200. The lowest BCUT2D eigenvalue weighted by Gasteiger charge is -2.17. The van der Waals surface area contributed by atoms with E-state index < -0.39 is 9.84 Å². The second kappa shape index (κ2) is 6.03. The molecule has 1 N–H and O–H groups in total. The Balaban J connectivity index is 2.20. The van der Waals surface area contributed by atoms with Crippen LogP contribution in [0.15, 0.2) is 47.4 Å². The molecule has 6 heteroatoms. The first kappa shape index (κ1) is 15.8. The lowest BCUT2D eigenvalue weighted by Crippen LogP contribution is -2.07. The van der Waals surface area contributed by atoms with E-state index in [1.165, 1.54) is 18.2 Å². The van der Waals surface area contributed by atoms with E-state index in [1.54, 1.807) is 24.3 Å². The van der Waals surface area contributed by atoms with Gasteiger partial charge in [-0.2, -0.15) is 0 Å². The van der Waals surface area contributed by atoms with E-state index >= 15 is 0 Å². The minimum Gasteiger partial charge on any atom is -0.377 e. The van der Waals surface area contributed by atoms with Crippen LogP contribution >= 0.6 is 11.6 Å². The molecule has 21 heavy (non-hydrogen) atoms. The Morgan fingerprint density at radius 2 is 1.76 bits per heavy atom. The summed E-state index contributed by atoms with van der Waals surface area (Å²) in [6.07, 6.45) is 1.16. The summed E-state index contributed by atoms with van der Waals surface area (Å²) in [5, 5.41) is 3.53. The SMILES string of the molecule is CC(Nc1cc(F)ccc1Cl)c1ccc(S(C)(=O)=O)cc1. The highest BCUT2D eigenvalue weighted by Crippen LogP contribution is 2.27. The van der Waals surface area contributed by atoms with Crippen LogP contribution in [0.1, 0.15) is 18.5 Å². The molecule has 2 aromatic carbocycles. The molecule has 0 saturated carbocycles. The summed E-state index contributed by atoms with van der Waals surface area (Å²) in [7, 11) is -3.21. The molecule has 0 bridgehead atoms. The van der Waals surface area contributed by atoms with Gasteiger partial charge in [-0.05, 0) is 42.8 Å². The molecule has 0 amide bonds. The third kappa shape index (κ3) is 3.95. The predicted octanol–water partition coefficient (Wildman–Crippen LogP) is 4.06. The Morgan fingerprint density at radius 1 is 1.14 bits per heavy atom. The maximum atomic E-state index is 13.2. The van der Waals surface area contributed by atoms with Crippen molar-refractivity contribution >= 4 is 27.1 Å². The molecule has 1 atom stereocenters. The first-order valence-electron chi connectivity index (χ1n) is 6.29. The smallest absolute Gasteiger partial charge is 0.175 e. The van der Waals surface area contributed by atoms with Crippen LogP contribution in [0.3, 0.4) is 0 Å². The van der Waals surface area contributed by atoms with Gasteiger partial charge in [-0.15, -0.1) is 0 Å². The quantitative estimate of drug-likeness (QED) is 0.921. The molecule has 0 saturated heterocycles. The van der Waals surface area contributed by atoms with Crippen LogP contribution < -0.4 is 5.32 Å². The standard InChI is InChI=1S/C15H15ClFNO2S/c1-10(18-15-9-12(17)5-8-14(15)16)11-3-6-13(7-4-11)21(2,19)20/h3-10,18H,1-2H3. The van der Waals surface area contributed by atoms with Gasteiger partial charge in [-0.3, -0.25) is 0 Å². The number of hydrogen-bond acceptors (Lipinski definition) is 3. The number of halogens is 2. The van der Waals surface area contributed by atoms with E-state index in [0.29, 0.717) is 10.7 Å². The van der Waals surface area contributed by atoms with Gasteiger partial charge in [-0.25, -0.2) is 12.8 Å². The minimum atomic E-state index is -3.21. The van der Waals surface area contributed by atoms with E-state index in [-0.39, 0.29) is 16.8 Å². The van der Waals surface area contributed by atoms with Gasteiger partial charge < -0.3 is 5.32 Å². The Morgan fingerprint density at radius 3 is 2.33 bits per heavy atom. The molecule has 2 aromatic rings. The van der Waals surface area contributed by atoms with Crippen molar-refractivity contribution in [2.75, 3.05) is 11.6 Å². The van der Waals surface area contributed by atoms with Gasteiger partial charge in [0.1, 0.15) is 5.82 Å². The van der Waals surface area contributed by atoms with Gasteiger partial charge in [0.25, 0.3) is 0 Å². The number of hydrogen-bond donors (Lipinski definition) is 1. The highest BCUT2D eigenvalue weighted by Gasteiger charge is 2.11. The summed E-state index contributed by atoms with van der Waals surface area (Å²) in [6, 6.07) is 10.5. The van der Waals surface area contributed by atoms with Crippen LogP contribution in [0.5, 0.6) is 0 Å². The minimum absolute atomic E-state index is 0.141. The molecule has 0 aliphatic carbocycles. The zero-order valence-electron chi connectivity index (χ0n) is 11.6. The fourth-order valence-corrected chi connectivity index (χ4v) is 2.73. The molecule has 0 fully saturated rings. The van der Waals surface area contributed by atoms with E-state index in [2.05, 4.69) is 5.32 Å². The molecule has 112 valence electrons. The molecule has 1 unspecified atom stereocenters. The van der Waals surface area contributed by atoms with Gasteiger partial charge in [0.15, 0.2) is 9.84 Å². The second-order valence-corrected chi connectivity index (χ2v) is 7.25. The van der Waals surface area contributed by atoms with E-state index in [4.69, 9.17) is 11.6 Å². The van der Waals surface area contributed by atoms with Crippen LogP contribution in [-0.4, -0.2) is 14.7 Å². The molecule has 2 rings (SSSR count). The molecule has 3 nitrogen and oxygen atoms in total. The zero-order valence-corrected chi connectivity index (χ0v) is 13.2. The first-order chi connectivity index (χ1) is 9.77. The number of nitrogens with one attached hydrogen (secondary N) is 1. The summed E-state index contributed by atoms with van der Waals surface area (Å²) in [4.78, 5) is 0.266. The molecule has 0 heterocycles. The third-order valence-corrected chi connectivity index (χ3v) is 4.57. The van der Waals surface area contributed by atoms with Crippen molar-refractivity contribution in [3.63, 3.8) is 0 Å². The van der Waals surface area contributed by atoms with Crippen molar-refractivity contribution in [3.8, 4) is 0 Å². The Labute approximate surface area is 128 Å². The molecule has 0 aromatic heterocycles. The van der Waals surface area contributed by atoms with Crippen LogP contribution in [-0.2, 0) is 9.84 Å². The monoisotopic (exact) mass is 327 g/mol. The second-order valence-electron chi connectivity index (χ2n) is 4.83. The molecule has 0 aliphatic rings. The molecule has 0 spiro atoms. The van der Waals surface area contributed by atoms with Gasteiger partial charge in [0, 0.05) is 12.3 Å². The molecular weight excluding hydrogens is 313 g/mol.